The summed E-state index contributed by atoms with van der Waals surface area (Å²) in [4.78, 5) is 23.4. The highest BCUT2D eigenvalue weighted by Gasteiger charge is 2.12. The van der Waals surface area contributed by atoms with Gasteiger partial charge in [0.05, 0.1) is 12.1 Å². The standard InChI is InChI=1S/C17H19NO3/c1-2-3-11-18-15(13-7-5-4-6-8-13)10-9-14(17(18)21)12-16(19)20/h4-10H,2-3,11-12H2,1H3,(H,19,20). The first kappa shape index (κ1) is 15.0. The van der Waals surface area contributed by atoms with Gasteiger partial charge in [-0.1, -0.05) is 49.7 Å². The molecule has 2 rings (SSSR count). The number of carbonyl (C=O) groups is 1. The molecule has 4 heteroatoms. The molecule has 0 amide bonds. The van der Waals surface area contributed by atoms with E-state index in [4.69, 9.17) is 5.11 Å². The molecule has 1 aromatic carbocycles. The van der Waals surface area contributed by atoms with Crippen LogP contribution in [0.5, 0.6) is 0 Å². The lowest BCUT2D eigenvalue weighted by Gasteiger charge is -2.14. The van der Waals surface area contributed by atoms with Crippen molar-refractivity contribution < 1.29 is 9.90 Å². The molecule has 0 aliphatic rings. The Hall–Kier alpha value is -2.36. The summed E-state index contributed by atoms with van der Waals surface area (Å²) in [6, 6.07) is 13.1. The quantitative estimate of drug-likeness (QED) is 0.887. The van der Waals surface area contributed by atoms with Crippen LogP contribution in [-0.4, -0.2) is 15.6 Å². The summed E-state index contributed by atoms with van der Waals surface area (Å²) in [6.45, 7) is 2.67. The second-order valence-corrected chi connectivity index (χ2v) is 4.99. The topological polar surface area (TPSA) is 59.3 Å². The zero-order chi connectivity index (χ0) is 15.2. The Balaban J connectivity index is 2.52. The highest BCUT2D eigenvalue weighted by molar-refractivity contribution is 5.70. The van der Waals surface area contributed by atoms with E-state index >= 15 is 0 Å². The van der Waals surface area contributed by atoms with Crippen LogP contribution in [0.2, 0.25) is 0 Å². The summed E-state index contributed by atoms with van der Waals surface area (Å²) in [5.41, 5.74) is 1.93. The van der Waals surface area contributed by atoms with Gasteiger partial charge in [0.2, 0.25) is 0 Å². The first-order valence-electron chi connectivity index (χ1n) is 7.13. The number of nitrogens with zero attached hydrogens (tertiary/aromatic N) is 1. The number of hydrogen-bond donors (Lipinski definition) is 1. The number of unbranched alkanes of at least 4 members (excludes halogenated alkanes) is 1. The summed E-state index contributed by atoms with van der Waals surface area (Å²) in [5, 5.41) is 8.90. The monoisotopic (exact) mass is 285 g/mol. The third kappa shape index (κ3) is 3.60. The molecule has 110 valence electrons. The fourth-order valence-electron chi connectivity index (χ4n) is 2.32. The lowest BCUT2D eigenvalue weighted by atomic mass is 10.1. The fraction of sp³-hybridized carbons (Fsp3) is 0.294. The van der Waals surface area contributed by atoms with Crippen molar-refractivity contribution in [2.75, 3.05) is 0 Å². The second kappa shape index (κ2) is 6.88. The van der Waals surface area contributed by atoms with E-state index < -0.39 is 5.97 Å². The van der Waals surface area contributed by atoms with Crippen LogP contribution in [0.1, 0.15) is 25.3 Å². The van der Waals surface area contributed by atoms with Crippen LogP contribution in [0.15, 0.2) is 47.3 Å². The Labute approximate surface area is 123 Å². The maximum atomic E-state index is 12.5. The van der Waals surface area contributed by atoms with Crippen LogP contribution < -0.4 is 5.56 Å². The maximum Gasteiger partial charge on any atom is 0.308 e. The normalized spacial score (nSPS) is 10.5. The zero-order valence-corrected chi connectivity index (χ0v) is 12.1. The van der Waals surface area contributed by atoms with Crippen molar-refractivity contribution in [2.45, 2.75) is 32.7 Å². The highest BCUT2D eigenvalue weighted by atomic mass is 16.4. The molecule has 0 bridgehead atoms. The van der Waals surface area contributed by atoms with E-state index in [1.807, 2.05) is 36.4 Å². The van der Waals surface area contributed by atoms with E-state index in [9.17, 15) is 9.59 Å². The summed E-state index contributed by atoms with van der Waals surface area (Å²) in [7, 11) is 0. The molecule has 4 nitrogen and oxygen atoms in total. The van der Waals surface area contributed by atoms with Crippen molar-refractivity contribution in [1.82, 2.24) is 4.57 Å². The lowest BCUT2D eigenvalue weighted by molar-refractivity contribution is -0.136. The molecule has 1 heterocycles. The molecule has 2 aromatic rings. The molecule has 1 aromatic heterocycles. The van der Waals surface area contributed by atoms with Crippen molar-refractivity contribution in [1.29, 1.82) is 0 Å². The number of aromatic nitrogens is 1. The van der Waals surface area contributed by atoms with Crippen LogP contribution in [0.3, 0.4) is 0 Å². The van der Waals surface area contributed by atoms with Crippen molar-refractivity contribution in [3.63, 3.8) is 0 Å². The van der Waals surface area contributed by atoms with E-state index in [0.29, 0.717) is 12.1 Å². The predicted molar refractivity (Wildman–Crippen MR) is 82.4 cm³/mol. The van der Waals surface area contributed by atoms with Crippen LogP contribution in [0.4, 0.5) is 0 Å². The number of carboxylic acids is 1. The zero-order valence-electron chi connectivity index (χ0n) is 12.1. The number of benzene rings is 1. The molecular weight excluding hydrogens is 266 g/mol. The molecule has 0 unspecified atom stereocenters. The number of carboxylic acid groups (broad SMARTS) is 1. The van der Waals surface area contributed by atoms with Gasteiger partial charge in [-0.2, -0.15) is 0 Å². The first-order valence-corrected chi connectivity index (χ1v) is 7.13. The third-order valence-corrected chi connectivity index (χ3v) is 3.40. The van der Waals surface area contributed by atoms with Gasteiger partial charge in [0, 0.05) is 12.1 Å². The van der Waals surface area contributed by atoms with E-state index in [-0.39, 0.29) is 12.0 Å². The summed E-state index contributed by atoms with van der Waals surface area (Å²) in [5.74, 6) is -0.985. The molecule has 0 aliphatic carbocycles. The van der Waals surface area contributed by atoms with Gasteiger partial charge < -0.3 is 9.67 Å². The van der Waals surface area contributed by atoms with E-state index in [1.54, 1.807) is 10.6 Å². The molecule has 0 aliphatic heterocycles. The van der Waals surface area contributed by atoms with Gasteiger partial charge in [-0.05, 0) is 18.1 Å². The lowest BCUT2D eigenvalue weighted by Crippen LogP contribution is -2.26. The molecule has 0 saturated carbocycles. The van der Waals surface area contributed by atoms with Gasteiger partial charge in [0.1, 0.15) is 0 Å². The average molecular weight is 285 g/mol. The van der Waals surface area contributed by atoms with Crippen LogP contribution in [0.25, 0.3) is 11.3 Å². The van der Waals surface area contributed by atoms with Gasteiger partial charge in [-0.15, -0.1) is 0 Å². The Morgan fingerprint density at radius 2 is 1.86 bits per heavy atom. The van der Waals surface area contributed by atoms with Crippen LogP contribution >= 0.6 is 0 Å². The number of pyridine rings is 1. The predicted octanol–water partition coefficient (Wildman–Crippen LogP) is 2.94. The van der Waals surface area contributed by atoms with Gasteiger partial charge in [0.25, 0.3) is 5.56 Å². The van der Waals surface area contributed by atoms with E-state index in [1.165, 1.54) is 0 Å². The molecular formula is C17H19NO3. The summed E-state index contributed by atoms with van der Waals surface area (Å²) < 4.78 is 1.69. The minimum absolute atomic E-state index is 0.202. The Kier molecular flexibility index (Phi) is 4.93. The van der Waals surface area contributed by atoms with Gasteiger partial charge in [0.15, 0.2) is 0 Å². The van der Waals surface area contributed by atoms with Crippen molar-refractivity contribution in [3.8, 4) is 11.3 Å². The maximum absolute atomic E-state index is 12.5. The van der Waals surface area contributed by atoms with Gasteiger partial charge >= 0.3 is 5.97 Å². The average Bonchev–Trinajstić information content (AvgIpc) is 2.48. The fourth-order valence-corrected chi connectivity index (χ4v) is 2.32. The smallest absolute Gasteiger partial charge is 0.308 e. The Morgan fingerprint density at radius 1 is 1.14 bits per heavy atom. The molecule has 0 fully saturated rings. The highest BCUT2D eigenvalue weighted by Crippen LogP contribution is 2.18. The third-order valence-electron chi connectivity index (χ3n) is 3.40. The van der Waals surface area contributed by atoms with E-state index in [0.717, 1.165) is 24.1 Å². The van der Waals surface area contributed by atoms with E-state index in [2.05, 4.69) is 6.92 Å². The van der Waals surface area contributed by atoms with Crippen molar-refractivity contribution in [2.24, 2.45) is 0 Å². The van der Waals surface area contributed by atoms with Crippen molar-refractivity contribution >= 4 is 5.97 Å². The Morgan fingerprint density at radius 3 is 2.48 bits per heavy atom. The molecule has 0 atom stereocenters. The number of aliphatic carboxylic acids is 1. The minimum atomic E-state index is -0.985. The summed E-state index contributed by atoms with van der Waals surface area (Å²) >= 11 is 0. The van der Waals surface area contributed by atoms with Crippen molar-refractivity contribution in [3.05, 3.63) is 58.4 Å². The SMILES string of the molecule is CCCCn1c(-c2ccccc2)ccc(CC(=O)O)c1=O. The minimum Gasteiger partial charge on any atom is -0.481 e. The summed E-state index contributed by atoms with van der Waals surface area (Å²) in [6.07, 6.45) is 1.63. The van der Waals surface area contributed by atoms with Gasteiger partial charge in [-0.3, -0.25) is 9.59 Å². The van der Waals surface area contributed by atoms with Crippen LogP contribution in [0, 0.1) is 0 Å². The number of rotatable bonds is 6. The molecule has 1 N–H and O–H groups in total. The van der Waals surface area contributed by atoms with Crippen LogP contribution in [-0.2, 0) is 17.8 Å². The molecule has 21 heavy (non-hydrogen) atoms. The first-order chi connectivity index (χ1) is 10.1. The number of hydrogen-bond acceptors (Lipinski definition) is 2. The van der Waals surface area contributed by atoms with Gasteiger partial charge in [-0.25, -0.2) is 0 Å². The molecule has 0 spiro atoms. The largest absolute Gasteiger partial charge is 0.481 e. The second-order valence-electron chi connectivity index (χ2n) is 4.99. The molecule has 0 radical (unpaired) electrons. The molecule has 0 saturated heterocycles. The Bertz CT molecular complexity index is 674.